The Morgan fingerprint density at radius 2 is 1.89 bits per heavy atom. The number of aliphatic hydroxyl groups is 1. The molecule has 0 radical (unpaired) electrons. The highest BCUT2D eigenvalue weighted by Crippen LogP contribution is 2.24. The maximum Gasteiger partial charge on any atom is 0.237 e. The Balaban J connectivity index is 2.77. The standard InChI is InChI=1S/C14H20N2O3/c1-3-16(10-12(15)17)13(18)9-14(2,19)11-7-5-4-6-8-11/h4-8,19H,3,9-10H2,1-2H3,(H2,15,17). The Kier molecular flexibility index (Phi) is 5.06. The molecule has 1 rings (SSSR count). The van der Waals surface area contributed by atoms with Gasteiger partial charge in [-0.25, -0.2) is 0 Å². The van der Waals surface area contributed by atoms with Crippen LogP contribution in [-0.2, 0) is 15.2 Å². The third-order valence-corrected chi connectivity index (χ3v) is 2.97. The van der Waals surface area contributed by atoms with E-state index < -0.39 is 11.5 Å². The van der Waals surface area contributed by atoms with Gasteiger partial charge in [-0.2, -0.15) is 0 Å². The second kappa shape index (κ2) is 6.33. The summed E-state index contributed by atoms with van der Waals surface area (Å²) in [5, 5.41) is 10.4. The summed E-state index contributed by atoms with van der Waals surface area (Å²) in [6.45, 7) is 3.60. The normalized spacial score (nSPS) is 13.6. The van der Waals surface area contributed by atoms with Gasteiger partial charge in [0.15, 0.2) is 0 Å². The Labute approximate surface area is 113 Å². The van der Waals surface area contributed by atoms with Gasteiger partial charge in [0.05, 0.1) is 18.6 Å². The zero-order chi connectivity index (χ0) is 14.5. The molecular weight excluding hydrogens is 244 g/mol. The molecular formula is C14H20N2O3. The maximum atomic E-state index is 12.1. The second-order valence-electron chi connectivity index (χ2n) is 4.69. The van der Waals surface area contributed by atoms with E-state index in [0.717, 1.165) is 0 Å². The van der Waals surface area contributed by atoms with E-state index in [1.54, 1.807) is 38.1 Å². The van der Waals surface area contributed by atoms with E-state index in [1.165, 1.54) is 4.90 Å². The lowest BCUT2D eigenvalue weighted by molar-refractivity contribution is -0.139. The topological polar surface area (TPSA) is 83.6 Å². The van der Waals surface area contributed by atoms with E-state index in [4.69, 9.17) is 5.73 Å². The summed E-state index contributed by atoms with van der Waals surface area (Å²) in [5.41, 5.74) is 4.49. The van der Waals surface area contributed by atoms with Gasteiger partial charge in [0.25, 0.3) is 0 Å². The number of carbonyl (C=O) groups excluding carboxylic acids is 2. The number of amides is 2. The maximum absolute atomic E-state index is 12.1. The zero-order valence-electron chi connectivity index (χ0n) is 11.3. The number of rotatable bonds is 6. The van der Waals surface area contributed by atoms with Crippen molar-refractivity contribution in [3.63, 3.8) is 0 Å². The van der Waals surface area contributed by atoms with Crippen LogP contribution in [-0.4, -0.2) is 34.9 Å². The van der Waals surface area contributed by atoms with Crippen molar-refractivity contribution in [1.82, 2.24) is 4.90 Å². The van der Waals surface area contributed by atoms with Crippen molar-refractivity contribution in [1.29, 1.82) is 0 Å². The van der Waals surface area contributed by atoms with Crippen molar-refractivity contribution < 1.29 is 14.7 Å². The summed E-state index contributed by atoms with van der Waals surface area (Å²) in [6.07, 6.45) is -0.0852. The second-order valence-corrected chi connectivity index (χ2v) is 4.69. The van der Waals surface area contributed by atoms with Crippen LogP contribution in [0.1, 0.15) is 25.8 Å². The van der Waals surface area contributed by atoms with Crippen LogP contribution >= 0.6 is 0 Å². The quantitative estimate of drug-likeness (QED) is 0.790. The van der Waals surface area contributed by atoms with Gasteiger partial charge in [0.1, 0.15) is 0 Å². The lowest BCUT2D eigenvalue weighted by Crippen LogP contribution is -2.41. The Bertz CT molecular complexity index is 443. The molecule has 19 heavy (non-hydrogen) atoms. The molecule has 0 saturated heterocycles. The monoisotopic (exact) mass is 264 g/mol. The first-order valence-corrected chi connectivity index (χ1v) is 6.21. The molecule has 0 spiro atoms. The van der Waals surface area contributed by atoms with Crippen molar-refractivity contribution in [2.75, 3.05) is 13.1 Å². The molecule has 0 saturated carbocycles. The lowest BCUT2D eigenvalue weighted by Gasteiger charge is -2.27. The van der Waals surface area contributed by atoms with Gasteiger partial charge < -0.3 is 15.7 Å². The third kappa shape index (κ3) is 4.37. The van der Waals surface area contributed by atoms with Gasteiger partial charge in [0.2, 0.25) is 11.8 Å². The van der Waals surface area contributed by atoms with Crippen LogP contribution in [0.2, 0.25) is 0 Å². The van der Waals surface area contributed by atoms with Gasteiger partial charge >= 0.3 is 0 Å². The molecule has 0 heterocycles. The highest BCUT2D eigenvalue weighted by Gasteiger charge is 2.28. The minimum Gasteiger partial charge on any atom is -0.385 e. The zero-order valence-corrected chi connectivity index (χ0v) is 11.3. The third-order valence-electron chi connectivity index (χ3n) is 2.97. The predicted octanol–water partition coefficient (Wildman–Crippen LogP) is 0.618. The van der Waals surface area contributed by atoms with Gasteiger partial charge in [-0.05, 0) is 19.4 Å². The first-order valence-electron chi connectivity index (χ1n) is 6.21. The molecule has 0 aromatic heterocycles. The molecule has 5 heteroatoms. The van der Waals surface area contributed by atoms with E-state index >= 15 is 0 Å². The molecule has 2 amide bonds. The van der Waals surface area contributed by atoms with E-state index in [2.05, 4.69) is 0 Å². The first-order chi connectivity index (χ1) is 8.86. The van der Waals surface area contributed by atoms with Gasteiger partial charge in [-0.15, -0.1) is 0 Å². The van der Waals surface area contributed by atoms with E-state index in [-0.39, 0.29) is 18.9 Å². The van der Waals surface area contributed by atoms with E-state index in [1.807, 2.05) is 6.07 Å². The highest BCUT2D eigenvalue weighted by molar-refractivity contribution is 5.84. The molecule has 3 N–H and O–H groups in total. The van der Waals surface area contributed by atoms with Crippen molar-refractivity contribution in [3.8, 4) is 0 Å². The van der Waals surface area contributed by atoms with E-state index in [9.17, 15) is 14.7 Å². The number of primary amides is 1. The van der Waals surface area contributed by atoms with Gasteiger partial charge in [-0.1, -0.05) is 30.3 Å². The minimum atomic E-state index is -1.26. The number of likely N-dealkylation sites (N-methyl/N-ethyl adjacent to an activating group) is 1. The van der Waals surface area contributed by atoms with Crippen molar-refractivity contribution in [2.24, 2.45) is 5.73 Å². The van der Waals surface area contributed by atoms with Crippen molar-refractivity contribution in [3.05, 3.63) is 35.9 Å². The van der Waals surface area contributed by atoms with Gasteiger partial charge in [-0.3, -0.25) is 9.59 Å². The Morgan fingerprint density at radius 3 is 2.37 bits per heavy atom. The first kappa shape index (κ1) is 15.2. The molecule has 0 aliphatic rings. The molecule has 0 bridgehead atoms. The number of hydrogen-bond donors (Lipinski definition) is 2. The summed E-state index contributed by atoms with van der Waals surface area (Å²) in [7, 11) is 0. The van der Waals surface area contributed by atoms with Crippen LogP contribution in [0, 0.1) is 0 Å². The highest BCUT2D eigenvalue weighted by atomic mass is 16.3. The SMILES string of the molecule is CCN(CC(N)=O)C(=O)CC(C)(O)c1ccccc1. The molecule has 0 aliphatic carbocycles. The van der Waals surface area contributed by atoms with Crippen molar-refractivity contribution in [2.45, 2.75) is 25.9 Å². The predicted molar refractivity (Wildman–Crippen MR) is 72.1 cm³/mol. The van der Waals surface area contributed by atoms with Crippen molar-refractivity contribution >= 4 is 11.8 Å². The average molecular weight is 264 g/mol. The van der Waals surface area contributed by atoms with E-state index in [0.29, 0.717) is 12.1 Å². The Morgan fingerprint density at radius 1 is 1.32 bits per heavy atom. The molecule has 0 aliphatic heterocycles. The van der Waals surface area contributed by atoms with Crippen LogP contribution in [0.5, 0.6) is 0 Å². The molecule has 0 fully saturated rings. The molecule has 1 aromatic carbocycles. The lowest BCUT2D eigenvalue weighted by atomic mass is 9.92. The van der Waals surface area contributed by atoms with Gasteiger partial charge in [0, 0.05) is 6.54 Å². The fraction of sp³-hybridized carbons (Fsp3) is 0.429. The fourth-order valence-corrected chi connectivity index (χ4v) is 1.87. The summed E-state index contributed by atoms with van der Waals surface area (Å²) in [5.74, 6) is -0.857. The number of benzene rings is 1. The van der Waals surface area contributed by atoms with Crippen LogP contribution in [0.15, 0.2) is 30.3 Å². The number of nitrogens with zero attached hydrogens (tertiary/aromatic N) is 1. The largest absolute Gasteiger partial charge is 0.385 e. The molecule has 1 unspecified atom stereocenters. The summed E-state index contributed by atoms with van der Waals surface area (Å²) in [4.78, 5) is 24.3. The number of carbonyl (C=O) groups is 2. The summed E-state index contributed by atoms with van der Waals surface area (Å²) >= 11 is 0. The summed E-state index contributed by atoms with van der Waals surface area (Å²) in [6, 6.07) is 8.96. The minimum absolute atomic E-state index is 0.0852. The van der Waals surface area contributed by atoms with Crippen LogP contribution in [0.25, 0.3) is 0 Å². The van der Waals surface area contributed by atoms with Crippen LogP contribution in [0.4, 0.5) is 0 Å². The van der Waals surface area contributed by atoms with Crippen LogP contribution < -0.4 is 5.73 Å². The number of nitrogens with two attached hydrogens (primary N) is 1. The fourth-order valence-electron chi connectivity index (χ4n) is 1.87. The Hall–Kier alpha value is -1.88. The molecule has 104 valence electrons. The molecule has 1 aromatic rings. The van der Waals surface area contributed by atoms with Crippen LogP contribution in [0.3, 0.4) is 0 Å². The average Bonchev–Trinajstić information content (AvgIpc) is 2.36. The summed E-state index contributed by atoms with van der Waals surface area (Å²) < 4.78 is 0. The smallest absolute Gasteiger partial charge is 0.237 e. The molecule has 5 nitrogen and oxygen atoms in total. The molecule has 1 atom stereocenters. The number of hydrogen-bond acceptors (Lipinski definition) is 3.